The van der Waals surface area contributed by atoms with Gasteiger partial charge >= 0.3 is 0 Å². The van der Waals surface area contributed by atoms with Crippen molar-refractivity contribution in [3.8, 4) is 0 Å². The van der Waals surface area contributed by atoms with Gasteiger partial charge < -0.3 is 14.6 Å². The van der Waals surface area contributed by atoms with E-state index in [1.54, 1.807) is 4.90 Å². The second-order valence-electron chi connectivity index (χ2n) is 6.43. The van der Waals surface area contributed by atoms with E-state index in [4.69, 9.17) is 4.42 Å². The van der Waals surface area contributed by atoms with Crippen molar-refractivity contribution in [2.24, 2.45) is 5.92 Å². The van der Waals surface area contributed by atoms with Gasteiger partial charge in [0, 0.05) is 32.1 Å². The number of hydrogen-bond donors (Lipinski definition) is 1. The van der Waals surface area contributed by atoms with Crippen molar-refractivity contribution in [2.75, 3.05) is 32.7 Å². The molecule has 0 aromatic carbocycles. The summed E-state index contributed by atoms with van der Waals surface area (Å²) in [5, 5.41) is 2.72. The number of oxazole rings is 1. The molecule has 1 unspecified atom stereocenters. The van der Waals surface area contributed by atoms with E-state index < -0.39 is 0 Å². The van der Waals surface area contributed by atoms with E-state index in [0.717, 1.165) is 36.9 Å². The number of piperazine rings is 1. The molecule has 0 saturated carbocycles. The summed E-state index contributed by atoms with van der Waals surface area (Å²) in [6.45, 7) is 11.3. The van der Waals surface area contributed by atoms with Crippen molar-refractivity contribution < 1.29 is 14.0 Å². The lowest BCUT2D eigenvalue weighted by molar-refractivity contribution is -0.135. The molecule has 1 aromatic rings. The molecule has 0 bridgehead atoms. The van der Waals surface area contributed by atoms with Gasteiger partial charge in [0.25, 0.3) is 0 Å². The monoisotopic (exact) mass is 336 g/mol. The Morgan fingerprint density at radius 1 is 1.25 bits per heavy atom. The minimum Gasteiger partial charge on any atom is -0.444 e. The molecule has 1 saturated heterocycles. The molecule has 1 aromatic heterocycles. The lowest BCUT2D eigenvalue weighted by Gasteiger charge is -2.34. The number of rotatable bonds is 6. The topological polar surface area (TPSA) is 78.7 Å². The van der Waals surface area contributed by atoms with Gasteiger partial charge in [-0.05, 0) is 20.3 Å². The largest absolute Gasteiger partial charge is 0.444 e. The van der Waals surface area contributed by atoms with Crippen LogP contribution in [0, 0.1) is 19.8 Å². The van der Waals surface area contributed by atoms with Crippen LogP contribution in [-0.2, 0) is 16.1 Å². The van der Waals surface area contributed by atoms with Gasteiger partial charge in [-0.1, -0.05) is 13.8 Å². The van der Waals surface area contributed by atoms with E-state index in [-0.39, 0.29) is 24.3 Å². The zero-order valence-electron chi connectivity index (χ0n) is 15.1. The predicted octanol–water partition coefficient (Wildman–Crippen LogP) is 1.10. The van der Waals surface area contributed by atoms with Crippen molar-refractivity contribution >= 4 is 11.8 Å². The van der Waals surface area contributed by atoms with Crippen LogP contribution in [0.3, 0.4) is 0 Å². The molecule has 1 aliphatic heterocycles. The van der Waals surface area contributed by atoms with E-state index in [9.17, 15) is 9.59 Å². The Morgan fingerprint density at radius 3 is 2.46 bits per heavy atom. The molecular weight excluding hydrogens is 308 g/mol. The highest BCUT2D eigenvalue weighted by Crippen LogP contribution is 2.12. The fourth-order valence-electron chi connectivity index (χ4n) is 2.59. The molecule has 2 heterocycles. The van der Waals surface area contributed by atoms with Gasteiger partial charge in [-0.15, -0.1) is 0 Å². The Hall–Kier alpha value is -1.89. The van der Waals surface area contributed by atoms with Gasteiger partial charge in [0.1, 0.15) is 5.76 Å². The average Bonchev–Trinajstić information content (AvgIpc) is 2.89. The first kappa shape index (κ1) is 18.4. The van der Waals surface area contributed by atoms with Crippen LogP contribution in [0.15, 0.2) is 4.42 Å². The van der Waals surface area contributed by atoms with Crippen molar-refractivity contribution in [2.45, 2.75) is 40.7 Å². The summed E-state index contributed by atoms with van der Waals surface area (Å²) in [5.41, 5.74) is 0.927. The zero-order chi connectivity index (χ0) is 17.7. The Bertz CT molecular complexity index is 557. The van der Waals surface area contributed by atoms with Crippen molar-refractivity contribution in [1.82, 2.24) is 20.1 Å². The highest BCUT2D eigenvalue weighted by Gasteiger charge is 2.23. The zero-order valence-corrected chi connectivity index (χ0v) is 15.1. The summed E-state index contributed by atoms with van der Waals surface area (Å²) < 4.78 is 5.61. The third-order valence-corrected chi connectivity index (χ3v) is 4.63. The molecule has 134 valence electrons. The number of carbonyl (C=O) groups excluding carboxylic acids is 2. The van der Waals surface area contributed by atoms with E-state index in [2.05, 4.69) is 15.2 Å². The summed E-state index contributed by atoms with van der Waals surface area (Å²) in [5.74, 6) is 1.46. The van der Waals surface area contributed by atoms with Crippen LogP contribution in [0.25, 0.3) is 0 Å². The van der Waals surface area contributed by atoms with Gasteiger partial charge in [-0.2, -0.15) is 0 Å². The third kappa shape index (κ3) is 4.80. The second-order valence-corrected chi connectivity index (χ2v) is 6.43. The minimum absolute atomic E-state index is 0.0193. The predicted molar refractivity (Wildman–Crippen MR) is 90.3 cm³/mol. The molecule has 1 atom stereocenters. The van der Waals surface area contributed by atoms with E-state index in [1.807, 2.05) is 27.7 Å². The lowest BCUT2D eigenvalue weighted by atomic mass is 10.1. The molecule has 7 heteroatoms. The maximum absolute atomic E-state index is 12.2. The van der Waals surface area contributed by atoms with Gasteiger partial charge in [0.05, 0.1) is 18.8 Å². The van der Waals surface area contributed by atoms with E-state index in [0.29, 0.717) is 19.6 Å². The highest BCUT2D eigenvalue weighted by atomic mass is 16.4. The van der Waals surface area contributed by atoms with Gasteiger partial charge in [0.15, 0.2) is 0 Å². The molecule has 1 fully saturated rings. The number of aromatic nitrogens is 1. The SMILES string of the molecule is CCC(C)C(=O)NCC(=O)N1CCN(Cc2nc(C)c(C)o2)CC1. The lowest BCUT2D eigenvalue weighted by Crippen LogP contribution is -2.51. The van der Waals surface area contributed by atoms with Crippen LogP contribution < -0.4 is 5.32 Å². The highest BCUT2D eigenvalue weighted by molar-refractivity contribution is 5.85. The van der Waals surface area contributed by atoms with Crippen LogP contribution in [-0.4, -0.2) is 59.3 Å². The van der Waals surface area contributed by atoms with Crippen LogP contribution in [0.5, 0.6) is 0 Å². The normalized spacial score (nSPS) is 16.9. The van der Waals surface area contributed by atoms with Gasteiger partial charge in [-0.3, -0.25) is 14.5 Å². The second kappa shape index (κ2) is 8.28. The minimum atomic E-state index is -0.0564. The van der Waals surface area contributed by atoms with Crippen LogP contribution >= 0.6 is 0 Å². The van der Waals surface area contributed by atoms with Crippen molar-refractivity contribution in [3.63, 3.8) is 0 Å². The molecule has 1 aliphatic rings. The fraction of sp³-hybridized carbons (Fsp3) is 0.706. The van der Waals surface area contributed by atoms with Crippen LogP contribution in [0.2, 0.25) is 0 Å². The molecule has 1 N–H and O–H groups in total. The summed E-state index contributed by atoms with van der Waals surface area (Å²) in [6.07, 6.45) is 0.776. The molecule has 2 amide bonds. The first-order valence-electron chi connectivity index (χ1n) is 8.61. The Balaban J connectivity index is 1.73. The first-order valence-corrected chi connectivity index (χ1v) is 8.61. The Labute approximate surface area is 143 Å². The smallest absolute Gasteiger partial charge is 0.242 e. The molecule has 2 rings (SSSR count). The Kier molecular flexibility index (Phi) is 6.36. The standard InChI is InChI=1S/C17H28N4O3/c1-5-12(2)17(23)18-10-16(22)21-8-6-20(7-9-21)11-15-19-13(3)14(4)24-15/h12H,5-11H2,1-4H3,(H,18,23). The summed E-state index contributed by atoms with van der Waals surface area (Å²) in [6, 6.07) is 0. The van der Waals surface area contributed by atoms with E-state index in [1.165, 1.54) is 0 Å². The summed E-state index contributed by atoms with van der Waals surface area (Å²) in [7, 11) is 0. The van der Waals surface area contributed by atoms with Gasteiger partial charge in [0.2, 0.25) is 17.7 Å². The number of nitrogens with one attached hydrogen (secondary N) is 1. The molecule has 0 spiro atoms. The molecule has 0 radical (unpaired) electrons. The molecule has 0 aliphatic carbocycles. The summed E-state index contributed by atoms with van der Waals surface area (Å²) in [4.78, 5) is 32.4. The van der Waals surface area contributed by atoms with Crippen molar-refractivity contribution in [1.29, 1.82) is 0 Å². The van der Waals surface area contributed by atoms with Gasteiger partial charge in [-0.25, -0.2) is 4.98 Å². The number of hydrogen-bond acceptors (Lipinski definition) is 5. The third-order valence-electron chi connectivity index (χ3n) is 4.63. The molecule has 7 nitrogen and oxygen atoms in total. The van der Waals surface area contributed by atoms with E-state index >= 15 is 0 Å². The number of carbonyl (C=O) groups is 2. The fourth-order valence-corrected chi connectivity index (χ4v) is 2.59. The maximum atomic E-state index is 12.2. The van der Waals surface area contributed by atoms with Crippen LogP contribution in [0.1, 0.15) is 37.6 Å². The average molecular weight is 336 g/mol. The quantitative estimate of drug-likeness (QED) is 0.841. The number of nitrogens with zero attached hydrogens (tertiary/aromatic N) is 3. The Morgan fingerprint density at radius 2 is 1.92 bits per heavy atom. The number of amides is 2. The summed E-state index contributed by atoms with van der Waals surface area (Å²) >= 11 is 0. The molecule has 24 heavy (non-hydrogen) atoms. The maximum Gasteiger partial charge on any atom is 0.242 e. The molecular formula is C17H28N4O3. The van der Waals surface area contributed by atoms with Crippen LogP contribution in [0.4, 0.5) is 0 Å². The number of aryl methyl sites for hydroxylation is 2. The van der Waals surface area contributed by atoms with Crippen molar-refractivity contribution in [3.05, 3.63) is 17.3 Å². The first-order chi connectivity index (χ1) is 11.4.